The van der Waals surface area contributed by atoms with Crippen molar-refractivity contribution in [1.29, 1.82) is 0 Å². The fourth-order valence-corrected chi connectivity index (χ4v) is 3.39. The predicted molar refractivity (Wildman–Crippen MR) is 91.8 cm³/mol. The summed E-state index contributed by atoms with van der Waals surface area (Å²) in [5.41, 5.74) is 1.91. The maximum atomic E-state index is 12.4. The lowest BCUT2D eigenvalue weighted by molar-refractivity contribution is -0.117. The average Bonchev–Trinajstić information content (AvgIpc) is 2.98. The van der Waals surface area contributed by atoms with Crippen LogP contribution >= 0.6 is 0 Å². The van der Waals surface area contributed by atoms with Crippen molar-refractivity contribution in [3.63, 3.8) is 0 Å². The highest BCUT2D eigenvalue weighted by atomic mass is 16.5. The Labute approximate surface area is 142 Å². The van der Waals surface area contributed by atoms with Crippen LogP contribution in [0.3, 0.4) is 0 Å². The Bertz CT molecular complexity index is 609. The van der Waals surface area contributed by atoms with E-state index in [4.69, 9.17) is 4.74 Å². The maximum absolute atomic E-state index is 12.4. The molecule has 1 aromatic rings. The molecule has 2 aliphatic heterocycles. The van der Waals surface area contributed by atoms with Gasteiger partial charge in [0, 0.05) is 38.3 Å². The Hall–Kier alpha value is -2.08. The van der Waals surface area contributed by atoms with E-state index in [1.807, 2.05) is 43.0 Å². The normalized spacial score (nSPS) is 24.3. The van der Waals surface area contributed by atoms with E-state index in [2.05, 4.69) is 5.32 Å². The number of rotatable bonds is 3. The van der Waals surface area contributed by atoms with Gasteiger partial charge in [-0.05, 0) is 38.0 Å². The molecular weight excluding hydrogens is 306 g/mol. The second-order valence-corrected chi connectivity index (χ2v) is 6.64. The van der Waals surface area contributed by atoms with Crippen molar-refractivity contribution in [2.24, 2.45) is 0 Å². The van der Waals surface area contributed by atoms with E-state index in [9.17, 15) is 9.59 Å². The molecule has 24 heavy (non-hydrogen) atoms. The zero-order valence-electron chi connectivity index (χ0n) is 14.3. The first-order valence-electron chi connectivity index (χ1n) is 8.60. The Balaban J connectivity index is 1.58. The molecule has 2 saturated heterocycles. The number of carbonyl (C=O) groups is 2. The average molecular weight is 331 g/mol. The number of nitrogens with zero attached hydrogens (tertiary/aromatic N) is 2. The largest absolute Gasteiger partial charge is 0.372 e. The molecular formula is C18H25N3O3. The summed E-state index contributed by atoms with van der Waals surface area (Å²) >= 11 is 0. The van der Waals surface area contributed by atoms with Crippen LogP contribution in [0.4, 0.5) is 10.5 Å². The number of amides is 3. The lowest BCUT2D eigenvalue weighted by Crippen LogP contribution is -2.51. The molecule has 0 bridgehead atoms. The number of hydrogen-bond donors (Lipinski definition) is 1. The molecule has 0 spiro atoms. The summed E-state index contributed by atoms with van der Waals surface area (Å²) in [5, 5.41) is 2.97. The standard InChI is InChI=1S/C18H25N3O3/c1-13-11-20(12-14(2)24-13)18(23)19-10-15-5-3-6-16(9-15)21-8-4-7-17(21)22/h3,5-6,9,13-14H,4,7-8,10-12H2,1-2H3,(H,19,23)/t13-,14+. The molecule has 1 N–H and O–H groups in total. The third-order valence-electron chi connectivity index (χ3n) is 4.45. The lowest BCUT2D eigenvalue weighted by atomic mass is 10.2. The topological polar surface area (TPSA) is 61.9 Å². The van der Waals surface area contributed by atoms with Gasteiger partial charge in [-0.25, -0.2) is 4.79 Å². The second-order valence-electron chi connectivity index (χ2n) is 6.64. The third-order valence-corrected chi connectivity index (χ3v) is 4.45. The van der Waals surface area contributed by atoms with E-state index in [0.29, 0.717) is 26.1 Å². The van der Waals surface area contributed by atoms with Gasteiger partial charge in [0.25, 0.3) is 0 Å². The summed E-state index contributed by atoms with van der Waals surface area (Å²) in [6, 6.07) is 7.75. The smallest absolute Gasteiger partial charge is 0.317 e. The van der Waals surface area contributed by atoms with Crippen LogP contribution in [0, 0.1) is 0 Å². The molecule has 0 aromatic heterocycles. The van der Waals surface area contributed by atoms with Crippen LogP contribution in [0.1, 0.15) is 32.3 Å². The first-order valence-corrected chi connectivity index (χ1v) is 8.60. The van der Waals surface area contributed by atoms with Crippen LogP contribution in [0.15, 0.2) is 24.3 Å². The Kier molecular flexibility index (Phi) is 5.04. The minimum absolute atomic E-state index is 0.0593. The number of anilines is 1. The first-order chi connectivity index (χ1) is 11.5. The summed E-state index contributed by atoms with van der Waals surface area (Å²) in [6.07, 6.45) is 1.65. The molecule has 0 saturated carbocycles. The van der Waals surface area contributed by atoms with Crippen molar-refractivity contribution in [2.45, 2.75) is 45.4 Å². The van der Waals surface area contributed by atoms with Gasteiger partial charge in [0.05, 0.1) is 12.2 Å². The van der Waals surface area contributed by atoms with Crippen molar-refractivity contribution >= 4 is 17.6 Å². The van der Waals surface area contributed by atoms with Crippen LogP contribution in [0.2, 0.25) is 0 Å². The highest BCUT2D eigenvalue weighted by molar-refractivity contribution is 5.95. The van der Waals surface area contributed by atoms with Gasteiger partial charge in [-0.15, -0.1) is 0 Å². The third kappa shape index (κ3) is 3.87. The molecule has 0 radical (unpaired) electrons. The van der Waals surface area contributed by atoms with E-state index in [1.54, 1.807) is 4.90 Å². The van der Waals surface area contributed by atoms with Gasteiger partial charge >= 0.3 is 6.03 Å². The van der Waals surface area contributed by atoms with Gasteiger partial charge in [0.1, 0.15) is 0 Å². The van der Waals surface area contributed by atoms with Crippen molar-refractivity contribution in [2.75, 3.05) is 24.5 Å². The van der Waals surface area contributed by atoms with Crippen molar-refractivity contribution in [1.82, 2.24) is 10.2 Å². The van der Waals surface area contributed by atoms with Gasteiger partial charge < -0.3 is 19.9 Å². The van der Waals surface area contributed by atoms with Crippen molar-refractivity contribution in [3.8, 4) is 0 Å². The van der Waals surface area contributed by atoms with Gasteiger partial charge in [-0.3, -0.25) is 4.79 Å². The number of ether oxygens (including phenoxy) is 1. The Morgan fingerprint density at radius 2 is 2.04 bits per heavy atom. The quantitative estimate of drug-likeness (QED) is 0.923. The van der Waals surface area contributed by atoms with E-state index in [1.165, 1.54) is 0 Å². The summed E-state index contributed by atoms with van der Waals surface area (Å²) in [5.74, 6) is 0.174. The minimum Gasteiger partial charge on any atom is -0.372 e. The predicted octanol–water partition coefficient (Wildman–Crippen LogP) is 2.13. The molecule has 1 aromatic carbocycles. The van der Waals surface area contributed by atoms with Crippen LogP contribution in [-0.4, -0.2) is 48.7 Å². The summed E-state index contributed by atoms with van der Waals surface area (Å²) in [7, 11) is 0. The molecule has 130 valence electrons. The summed E-state index contributed by atoms with van der Waals surface area (Å²) < 4.78 is 5.65. The molecule has 6 nitrogen and oxygen atoms in total. The molecule has 3 rings (SSSR count). The highest BCUT2D eigenvalue weighted by Gasteiger charge is 2.26. The number of urea groups is 1. The Morgan fingerprint density at radius 3 is 2.71 bits per heavy atom. The van der Waals surface area contributed by atoms with Crippen molar-refractivity contribution in [3.05, 3.63) is 29.8 Å². The number of hydrogen-bond acceptors (Lipinski definition) is 3. The van der Waals surface area contributed by atoms with Gasteiger partial charge in [0.15, 0.2) is 0 Å². The maximum Gasteiger partial charge on any atom is 0.317 e. The van der Waals surface area contributed by atoms with E-state index >= 15 is 0 Å². The van der Waals surface area contributed by atoms with Crippen LogP contribution < -0.4 is 10.2 Å². The molecule has 0 unspecified atom stereocenters. The number of morpholine rings is 1. The number of benzene rings is 1. The van der Waals surface area contributed by atoms with Gasteiger partial charge in [0.2, 0.25) is 5.91 Å². The lowest BCUT2D eigenvalue weighted by Gasteiger charge is -2.35. The fourth-order valence-electron chi connectivity index (χ4n) is 3.39. The molecule has 2 heterocycles. The van der Waals surface area contributed by atoms with Crippen LogP contribution in [-0.2, 0) is 16.1 Å². The molecule has 0 aliphatic carbocycles. The molecule has 3 amide bonds. The molecule has 2 atom stereocenters. The van der Waals surface area contributed by atoms with E-state index in [0.717, 1.165) is 24.2 Å². The minimum atomic E-state index is -0.0698. The Morgan fingerprint density at radius 1 is 1.29 bits per heavy atom. The van der Waals surface area contributed by atoms with Gasteiger partial charge in [-0.1, -0.05) is 12.1 Å². The second kappa shape index (κ2) is 7.21. The van der Waals surface area contributed by atoms with E-state index in [-0.39, 0.29) is 24.1 Å². The molecule has 2 aliphatic rings. The monoisotopic (exact) mass is 331 g/mol. The van der Waals surface area contributed by atoms with Gasteiger partial charge in [-0.2, -0.15) is 0 Å². The van der Waals surface area contributed by atoms with Crippen molar-refractivity contribution < 1.29 is 14.3 Å². The number of nitrogens with one attached hydrogen (secondary N) is 1. The van der Waals surface area contributed by atoms with E-state index < -0.39 is 0 Å². The molecule has 2 fully saturated rings. The zero-order valence-corrected chi connectivity index (χ0v) is 14.3. The SMILES string of the molecule is C[C@@H]1CN(C(=O)NCc2cccc(N3CCCC3=O)c2)C[C@H](C)O1. The summed E-state index contributed by atoms with van der Waals surface area (Å²) in [4.78, 5) is 27.8. The first kappa shape index (κ1) is 16.8. The van der Waals surface area contributed by atoms with Crippen LogP contribution in [0.5, 0.6) is 0 Å². The summed E-state index contributed by atoms with van der Waals surface area (Å²) in [6.45, 7) is 6.41. The highest BCUT2D eigenvalue weighted by Crippen LogP contribution is 2.22. The number of carbonyl (C=O) groups excluding carboxylic acids is 2. The zero-order chi connectivity index (χ0) is 17.1. The molecule has 6 heteroatoms. The van der Waals surface area contributed by atoms with Crippen LogP contribution in [0.25, 0.3) is 0 Å². The fraction of sp³-hybridized carbons (Fsp3) is 0.556.